The van der Waals surface area contributed by atoms with Crippen molar-refractivity contribution in [2.45, 2.75) is 45.8 Å². The summed E-state index contributed by atoms with van der Waals surface area (Å²) in [6.45, 7) is 14.0. The minimum atomic E-state index is -1.24. The third-order valence-corrected chi connectivity index (χ3v) is 4.33. The summed E-state index contributed by atoms with van der Waals surface area (Å²) in [6.07, 6.45) is 0. The molecule has 1 aromatic carbocycles. The third kappa shape index (κ3) is 2.47. The second-order valence-corrected chi connectivity index (χ2v) is 11.0. The molecule has 0 saturated carbocycles. The molecule has 0 aliphatic heterocycles. The summed E-state index contributed by atoms with van der Waals surface area (Å²) in [5.74, 6) is 0. The topological polar surface area (TPSA) is 0 Å². The summed E-state index contributed by atoms with van der Waals surface area (Å²) in [5.41, 5.74) is 1.71. The van der Waals surface area contributed by atoms with E-state index >= 15 is 0 Å². The molecular formula is C13H21Si. The molecule has 0 nitrogen and oxygen atoms in total. The maximum absolute atomic E-state index is 3.45. The molecule has 0 spiro atoms. The fraction of sp³-hybridized carbons (Fsp3) is 0.538. The first-order valence-electron chi connectivity index (χ1n) is 5.24. The highest BCUT2D eigenvalue weighted by atomic mass is 28.3. The van der Waals surface area contributed by atoms with E-state index in [1.165, 1.54) is 10.8 Å². The number of hydrogen-bond donors (Lipinski definition) is 0. The molecule has 0 fully saturated rings. The Morgan fingerprint density at radius 3 is 2.07 bits per heavy atom. The minimum absolute atomic E-state index is 0.243. The van der Waals surface area contributed by atoms with Crippen LogP contribution in [0.3, 0.4) is 0 Å². The van der Waals surface area contributed by atoms with Crippen molar-refractivity contribution < 1.29 is 0 Å². The van der Waals surface area contributed by atoms with Gasteiger partial charge in [-0.1, -0.05) is 58.6 Å². The molecule has 0 aromatic heterocycles. The van der Waals surface area contributed by atoms with E-state index in [9.17, 15) is 0 Å². The Morgan fingerprint density at radius 2 is 1.71 bits per heavy atom. The average Bonchev–Trinajstić information content (AvgIpc) is 2.01. The summed E-state index contributed by atoms with van der Waals surface area (Å²) in [6, 6.07) is 9.85. The summed E-state index contributed by atoms with van der Waals surface area (Å²) < 4.78 is 0. The van der Waals surface area contributed by atoms with Crippen LogP contribution in [0.5, 0.6) is 0 Å². The summed E-state index contributed by atoms with van der Waals surface area (Å²) in [4.78, 5) is 0. The van der Waals surface area contributed by atoms with Crippen LogP contribution < -0.4 is 5.19 Å². The second-order valence-electron chi connectivity index (χ2n) is 5.96. The van der Waals surface area contributed by atoms with Gasteiger partial charge in [-0.25, -0.2) is 0 Å². The lowest BCUT2D eigenvalue weighted by molar-refractivity contribution is 0.593. The van der Waals surface area contributed by atoms with Gasteiger partial charge in [-0.3, -0.25) is 0 Å². The fourth-order valence-electron chi connectivity index (χ4n) is 1.68. The quantitative estimate of drug-likeness (QED) is 0.617. The average molecular weight is 205 g/mol. The van der Waals surface area contributed by atoms with Gasteiger partial charge >= 0.3 is 0 Å². The van der Waals surface area contributed by atoms with Crippen LogP contribution in [-0.2, 0) is 5.41 Å². The van der Waals surface area contributed by atoms with E-state index in [0.717, 1.165) is 0 Å². The predicted octanol–water partition coefficient (Wildman–Crippen LogP) is 3.33. The van der Waals surface area contributed by atoms with Gasteiger partial charge in [-0.05, 0) is 22.2 Å². The van der Waals surface area contributed by atoms with Gasteiger partial charge in [0.2, 0.25) is 0 Å². The molecule has 1 aromatic rings. The van der Waals surface area contributed by atoms with E-state index in [-0.39, 0.29) is 5.41 Å². The second kappa shape index (κ2) is 3.54. The van der Waals surface area contributed by atoms with Crippen molar-refractivity contribution in [2.24, 2.45) is 0 Å². The Hall–Kier alpha value is -0.563. The van der Waals surface area contributed by atoms with Crippen molar-refractivity contribution >= 4 is 13.3 Å². The van der Waals surface area contributed by atoms with Crippen molar-refractivity contribution in [3.8, 4) is 0 Å². The van der Waals surface area contributed by atoms with Crippen LogP contribution in [0.15, 0.2) is 18.2 Å². The van der Waals surface area contributed by atoms with Crippen LogP contribution in [0.1, 0.15) is 26.3 Å². The van der Waals surface area contributed by atoms with E-state index in [1.807, 2.05) is 6.07 Å². The zero-order chi connectivity index (χ0) is 11.0. The van der Waals surface area contributed by atoms with E-state index in [2.05, 4.69) is 58.6 Å². The molecule has 77 valence electrons. The molecular weight excluding hydrogens is 184 g/mol. The van der Waals surface area contributed by atoms with Gasteiger partial charge in [-0.2, -0.15) is 0 Å². The highest BCUT2D eigenvalue weighted by Crippen LogP contribution is 2.22. The highest BCUT2D eigenvalue weighted by molar-refractivity contribution is 6.89. The van der Waals surface area contributed by atoms with Crippen LogP contribution in [-0.4, -0.2) is 8.07 Å². The first kappa shape index (κ1) is 11.5. The molecule has 0 saturated heterocycles. The van der Waals surface area contributed by atoms with E-state index in [4.69, 9.17) is 0 Å². The lowest BCUT2D eigenvalue weighted by Crippen LogP contribution is -2.43. The minimum Gasteiger partial charge on any atom is -0.0656 e. The highest BCUT2D eigenvalue weighted by Gasteiger charge is 2.25. The van der Waals surface area contributed by atoms with Gasteiger partial charge in [0, 0.05) is 0 Å². The van der Waals surface area contributed by atoms with E-state index in [1.54, 1.807) is 0 Å². The van der Waals surface area contributed by atoms with Crippen LogP contribution >= 0.6 is 0 Å². The Balaban J connectivity index is 3.31. The normalized spacial score (nSPS) is 13.0. The molecule has 1 radical (unpaired) electrons. The summed E-state index contributed by atoms with van der Waals surface area (Å²) >= 11 is 0. The van der Waals surface area contributed by atoms with Gasteiger partial charge in [0.25, 0.3) is 0 Å². The molecule has 0 aliphatic carbocycles. The van der Waals surface area contributed by atoms with Gasteiger partial charge in [0.05, 0.1) is 8.07 Å². The third-order valence-electron chi connectivity index (χ3n) is 2.41. The van der Waals surface area contributed by atoms with Crippen molar-refractivity contribution in [3.63, 3.8) is 0 Å². The zero-order valence-electron chi connectivity index (χ0n) is 10.2. The number of benzene rings is 1. The van der Waals surface area contributed by atoms with Crippen molar-refractivity contribution in [2.75, 3.05) is 0 Å². The predicted molar refractivity (Wildman–Crippen MR) is 67.0 cm³/mol. The van der Waals surface area contributed by atoms with E-state index < -0.39 is 8.07 Å². The molecule has 0 bridgehead atoms. The molecule has 1 rings (SSSR count). The standard InChI is InChI=1S/C13H21Si/c1-13(2,3)11-9-7-8-10-12(11)14(4,5)6/h7-9H,1-6H3. The maximum Gasteiger partial charge on any atom is 0.0787 e. The van der Waals surface area contributed by atoms with Crippen molar-refractivity contribution in [1.29, 1.82) is 0 Å². The molecule has 1 heteroatoms. The lowest BCUT2D eigenvalue weighted by Gasteiger charge is -2.28. The largest absolute Gasteiger partial charge is 0.0787 e. The molecule has 0 unspecified atom stereocenters. The lowest BCUT2D eigenvalue weighted by atomic mass is 9.87. The molecule has 0 heterocycles. The number of rotatable bonds is 1. The Labute approximate surface area is 89.4 Å². The Bertz CT molecular complexity index is 280. The summed E-state index contributed by atoms with van der Waals surface area (Å²) in [5, 5.41) is 1.48. The SMILES string of the molecule is CC(C)(C)c1ccc[c]c1[Si](C)(C)C. The van der Waals surface area contributed by atoms with Gasteiger partial charge in [0.1, 0.15) is 0 Å². The first-order valence-corrected chi connectivity index (χ1v) is 8.74. The van der Waals surface area contributed by atoms with Crippen LogP contribution in [0.25, 0.3) is 0 Å². The maximum atomic E-state index is 3.45. The zero-order valence-corrected chi connectivity index (χ0v) is 11.2. The van der Waals surface area contributed by atoms with Crippen LogP contribution in [0, 0.1) is 6.07 Å². The Morgan fingerprint density at radius 1 is 1.14 bits per heavy atom. The molecule has 0 aliphatic rings. The van der Waals surface area contributed by atoms with Gasteiger partial charge in [0.15, 0.2) is 0 Å². The van der Waals surface area contributed by atoms with Crippen molar-refractivity contribution in [3.05, 3.63) is 29.8 Å². The fourth-order valence-corrected chi connectivity index (χ4v) is 3.47. The van der Waals surface area contributed by atoms with Crippen LogP contribution in [0.2, 0.25) is 19.6 Å². The molecule has 0 amide bonds. The van der Waals surface area contributed by atoms with Crippen LogP contribution in [0.4, 0.5) is 0 Å². The molecule has 14 heavy (non-hydrogen) atoms. The monoisotopic (exact) mass is 205 g/mol. The van der Waals surface area contributed by atoms with Gasteiger partial charge < -0.3 is 0 Å². The van der Waals surface area contributed by atoms with Crippen molar-refractivity contribution in [1.82, 2.24) is 0 Å². The van der Waals surface area contributed by atoms with E-state index in [0.29, 0.717) is 0 Å². The first-order chi connectivity index (χ1) is 6.23. The molecule has 0 N–H and O–H groups in total. The summed E-state index contributed by atoms with van der Waals surface area (Å²) in [7, 11) is -1.24. The van der Waals surface area contributed by atoms with Gasteiger partial charge in [-0.15, -0.1) is 0 Å². The number of hydrogen-bond acceptors (Lipinski definition) is 0. The Kier molecular flexibility index (Phi) is 2.91. The molecule has 0 atom stereocenters. The smallest absolute Gasteiger partial charge is 0.0656 e.